The van der Waals surface area contributed by atoms with Crippen LogP contribution in [0.4, 0.5) is 0 Å². The molecule has 0 bridgehead atoms. The largest absolute Gasteiger partial charge is 0.292 e. The monoisotopic (exact) mass is 320 g/mol. The Bertz CT molecular complexity index is 724. The van der Waals surface area contributed by atoms with Crippen molar-refractivity contribution in [1.29, 1.82) is 10.5 Å². The number of hydrogen-bond donors (Lipinski definition) is 0. The molecular weight excluding hydrogens is 296 g/mol. The third kappa shape index (κ3) is 2.11. The van der Waals surface area contributed by atoms with Gasteiger partial charge in [0.05, 0.1) is 18.1 Å². The molecule has 0 radical (unpaired) electrons. The SMILES string of the molecule is CC(C)(C)C1CCC2(CC1)[C@H](C#N)[C@@]2(C#N)C(=O)c1ccccc1. The highest BCUT2D eigenvalue weighted by atomic mass is 16.1. The molecule has 3 rings (SSSR count). The summed E-state index contributed by atoms with van der Waals surface area (Å²) in [6.45, 7) is 6.74. The zero-order valence-electron chi connectivity index (χ0n) is 14.7. The average molecular weight is 320 g/mol. The first-order valence-electron chi connectivity index (χ1n) is 8.74. The standard InChI is InChI=1S/C21H24N2O/c1-19(2,3)16-9-11-20(12-10-16)17(13-22)21(20,14-23)18(24)15-7-5-4-6-8-15/h4-8,16-17H,9-12H2,1-3H3/t16?,17-,20?,21-/m0/s1. The molecule has 3 nitrogen and oxygen atoms in total. The van der Waals surface area contributed by atoms with Crippen molar-refractivity contribution in [2.75, 3.05) is 0 Å². The van der Waals surface area contributed by atoms with E-state index in [1.807, 2.05) is 18.2 Å². The molecule has 0 aromatic heterocycles. The quantitative estimate of drug-likeness (QED) is 0.738. The van der Waals surface area contributed by atoms with Crippen molar-refractivity contribution < 1.29 is 4.79 Å². The third-order valence-corrected chi connectivity index (χ3v) is 6.49. The first-order valence-corrected chi connectivity index (χ1v) is 8.74. The van der Waals surface area contributed by atoms with Crippen LogP contribution >= 0.6 is 0 Å². The van der Waals surface area contributed by atoms with E-state index >= 15 is 0 Å². The Morgan fingerprint density at radius 2 is 1.71 bits per heavy atom. The maximum absolute atomic E-state index is 13.1. The van der Waals surface area contributed by atoms with Gasteiger partial charge in [0, 0.05) is 11.0 Å². The minimum atomic E-state index is -1.15. The molecule has 124 valence electrons. The smallest absolute Gasteiger partial charge is 0.185 e. The van der Waals surface area contributed by atoms with Crippen molar-refractivity contribution >= 4 is 5.78 Å². The maximum atomic E-state index is 13.1. The Morgan fingerprint density at radius 1 is 1.12 bits per heavy atom. The number of hydrogen-bond acceptors (Lipinski definition) is 3. The van der Waals surface area contributed by atoms with Crippen molar-refractivity contribution in [2.24, 2.45) is 28.1 Å². The van der Waals surface area contributed by atoms with Gasteiger partial charge in [0.15, 0.2) is 5.78 Å². The van der Waals surface area contributed by atoms with Crippen LogP contribution in [0.3, 0.4) is 0 Å². The predicted octanol–water partition coefficient (Wildman–Crippen LogP) is 4.76. The molecule has 2 aliphatic rings. The minimum Gasteiger partial charge on any atom is -0.292 e. The lowest BCUT2D eigenvalue weighted by molar-refractivity contribution is 0.0844. The first kappa shape index (κ1) is 16.7. The van der Waals surface area contributed by atoms with Crippen molar-refractivity contribution in [3.05, 3.63) is 35.9 Å². The molecule has 0 saturated heterocycles. The van der Waals surface area contributed by atoms with Gasteiger partial charge in [-0.2, -0.15) is 10.5 Å². The molecule has 2 atom stereocenters. The molecule has 0 unspecified atom stereocenters. The Labute approximate surface area is 144 Å². The van der Waals surface area contributed by atoms with Crippen LogP contribution in [-0.4, -0.2) is 5.78 Å². The fourth-order valence-corrected chi connectivity index (χ4v) is 4.90. The van der Waals surface area contributed by atoms with E-state index in [1.165, 1.54) is 0 Å². The van der Waals surface area contributed by atoms with E-state index in [2.05, 4.69) is 32.9 Å². The van der Waals surface area contributed by atoms with Crippen LogP contribution in [0.25, 0.3) is 0 Å². The summed E-state index contributed by atoms with van der Waals surface area (Å²) in [7, 11) is 0. The van der Waals surface area contributed by atoms with Gasteiger partial charge in [-0.1, -0.05) is 51.1 Å². The second-order valence-electron chi connectivity index (χ2n) is 8.47. The van der Waals surface area contributed by atoms with Gasteiger partial charge in [0.1, 0.15) is 5.41 Å². The molecule has 3 heteroatoms. The summed E-state index contributed by atoms with van der Waals surface area (Å²) in [6.07, 6.45) is 3.60. The van der Waals surface area contributed by atoms with Crippen LogP contribution in [0.5, 0.6) is 0 Å². The molecule has 1 spiro atoms. The van der Waals surface area contributed by atoms with Crippen LogP contribution < -0.4 is 0 Å². The second kappa shape index (κ2) is 5.45. The van der Waals surface area contributed by atoms with E-state index in [9.17, 15) is 15.3 Å². The Hall–Kier alpha value is -2.13. The van der Waals surface area contributed by atoms with Crippen molar-refractivity contribution in [3.8, 4) is 12.1 Å². The molecule has 0 amide bonds. The van der Waals surface area contributed by atoms with Crippen molar-refractivity contribution in [2.45, 2.75) is 46.5 Å². The molecule has 0 aliphatic heterocycles. The Kier molecular flexibility index (Phi) is 3.80. The zero-order valence-corrected chi connectivity index (χ0v) is 14.7. The van der Waals surface area contributed by atoms with Crippen LogP contribution in [-0.2, 0) is 0 Å². The fraction of sp³-hybridized carbons (Fsp3) is 0.571. The molecule has 1 aromatic rings. The zero-order chi connectivity index (χ0) is 17.6. The Morgan fingerprint density at radius 3 is 2.17 bits per heavy atom. The normalized spacial score (nSPS) is 35.0. The summed E-state index contributed by atoms with van der Waals surface area (Å²) in [5.41, 5.74) is -0.803. The predicted molar refractivity (Wildman–Crippen MR) is 91.8 cm³/mol. The summed E-state index contributed by atoms with van der Waals surface area (Å²) in [6, 6.07) is 13.6. The van der Waals surface area contributed by atoms with E-state index < -0.39 is 16.7 Å². The highest BCUT2D eigenvalue weighted by molar-refractivity contribution is 6.06. The lowest BCUT2D eigenvalue weighted by atomic mass is 9.66. The van der Waals surface area contributed by atoms with Gasteiger partial charge < -0.3 is 0 Å². The number of Topliss-reactive ketones (excluding diaryl/α,β-unsaturated/α-hetero) is 1. The molecule has 0 heterocycles. The van der Waals surface area contributed by atoms with Gasteiger partial charge in [-0.15, -0.1) is 0 Å². The lowest BCUT2D eigenvalue weighted by Crippen LogP contribution is -2.31. The minimum absolute atomic E-state index is 0.161. The number of nitrogens with zero attached hydrogens (tertiary/aromatic N) is 2. The van der Waals surface area contributed by atoms with Crippen LogP contribution in [0.1, 0.15) is 56.8 Å². The Balaban J connectivity index is 1.92. The van der Waals surface area contributed by atoms with Gasteiger partial charge >= 0.3 is 0 Å². The van der Waals surface area contributed by atoms with Crippen LogP contribution in [0, 0.1) is 50.7 Å². The summed E-state index contributed by atoms with van der Waals surface area (Å²) in [5, 5.41) is 19.6. The van der Waals surface area contributed by atoms with Crippen molar-refractivity contribution in [3.63, 3.8) is 0 Å². The lowest BCUT2D eigenvalue weighted by Gasteiger charge is -2.38. The number of benzene rings is 1. The molecule has 2 fully saturated rings. The van der Waals surface area contributed by atoms with E-state index in [0.29, 0.717) is 11.5 Å². The van der Waals surface area contributed by atoms with E-state index in [0.717, 1.165) is 25.7 Å². The summed E-state index contributed by atoms with van der Waals surface area (Å²) in [5.74, 6) is -0.0405. The van der Waals surface area contributed by atoms with Gasteiger partial charge in [-0.3, -0.25) is 4.79 Å². The molecule has 2 aliphatic carbocycles. The average Bonchev–Trinajstić information content (AvgIpc) is 3.14. The number of rotatable bonds is 2. The summed E-state index contributed by atoms with van der Waals surface area (Å²) >= 11 is 0. The van der Waals surface area contributed by atoms with Gasteiger partial charge in [0.2, 0.25) is 0 Å². The van der Waals surface area contributed by atoms with Gasteiger partial charge in [0.25, 0.3) is 0 Å². The molecule has 0 N–H and O–H groups in total. The number of carbonyl (C=O) groups is 1. The summed E-state index contributed by atoms with van der Waals surface area (Å²) < 4.78 is 0. The molecule has 1 aromatic carbocycles. The number of carbonyl (C=O) groups excluding carboxylic acids is 1. The molecular formula is C21H24N2O. The molecule has 24 heavy (non-hydrogen) atoms. The second-order valence-corrected chi connectivity index (χ2v) is 8.47. The van der Waals surface area contributed by atoms with Gasteiger partial charge in [-0.05, 0) is 37.0 Å². The van der Waals surface area contributed by atoms with Crippen molar-refractivity contribution in [1.82, 2.24) is 0 Å². The topological polar surface area (TPSA) is 64.7 Å². The number of ketones is 1. The van der Waals surface area contributed by atoms with E-state index in [-0.39, 0.29) is 11.2 Å². The van der Waals surface area contributed by atoms with E-state index in [4.69, 9.17) is 0 Å². The highest BCUT2D eigenvalue weighted by Gasteiger charge is 2.81. The molecule has 2 saturated carbocycles. The first-order chi connectivity index (χ1) is 11.3. The maximum Gasteiger partial charge on any atom is 0.185 e. The number of nitriles is 2. The van der Waals surface area contributed by atoms with E-state index in [1.54, 1.807) is 12.1 Å². The van der Waals surface area contributed by atoms with Gasteiger partial charge in [-0.25, -0.2) is 0 Å². The fourth-order valence-electron chi connectivity index (χ4n) is 4.90. The highest BCUT2D eigenvalue weighted by Crippen LogP contribution is 2.76. The third-order valence-electron chi connectivity index (χ3n) is 6.49. The summed E-state index contributed by atoms with van der Waals surface area (Å²) in [4.78, 5) is 13.1. The van der Waals surface area contributed by atoms with Crippen LogP contribution in [0.15, 0.2) is 30.3 Å². The van der Waals surface area contributed by atoms with Crippen LogP contribution in [0.2, 0.25) is 0 Å².